The highest BCUT2D eigenvalue weighted by Gasteiger charge is 2.26. The molecule has 1 aromatic heterocycles. The van der Waals surface area contributed by atoms with E-state index in [-0.39, 0.29) is 11.8 Å². The summed E-state index contributed by atoms with van der Waals surface area (Å²) in [6.07, 6.45) is 3.90. The lowest BCUT2D eigenvalue weighted by Crippen LogP contribution is -2.38. The third-order valence-electron chi connectivity index (χ3n) is 3.96. The highest BCUT2D eigenvalue weighted by atomic mass is 16.5. The van der Waals surface area contributed by atoms with Gasteiger partial charge in [0.25, 0.3) is 0 Å². The summed E-state index contributed by atoms with van der Waals surface area (Å²) in [5.41, 5.74) is 2.04. The number of amides is 1. The van der Waals surface area contributed by atoms with Gasteiger partial charge in [0.1, 0.15) is 5.82 Å². The van der Waals surface area contributed by atoms with E-state index >= 15 is 0 Å². The molecule has 0 saturated carbocycles. The quantitative estimate of drug-likeness (QED) is 0.748. The Kier molecular flexibility index (Phi) is 6.27. The van der Waals surface area contributed by atoms with Gasteiger partial charge in [-0.15, -0.1) is 0 Å². The number of carbonyl (C=O) groups excluding carboxylic acids is 1. The van der Waals surface area contributed by atoms with Crippen LogP contribution in [0.1, 0.15) is 42.8 Å². The van der Waals surface area contributed by atoms with Crippen molar-refractivity contribution in [1.29, 1.82) is 0 Å². The van der Waals surface area contributed by atoms with E-state index in [1.54, 1.807) is 14.0 Å². The van der Waals surface area contributed by atoms with Crippen molar-refractivity contribution in [3.63, 3.8) is 0 Å². The van der Waals surface area contributed by atoms with E-state index in [1.165, 1.54) is 0 Å². The molecule has 0 aromatic carbocycles. The lowest BCUT2D eigenvalue weighted by atomic mass is 9.92. The van der Waals surface area contributed by atoms with Crippen molar-refractivity contribution in [2.75, 3.05) is 33.4 Å². The smallest absolute Gasteiger partial charge is 0.219 e. The van der Waals surface area contributed by atoms with Crippen molar-refractivity contribution in [2.24, 2.45) is 0 Å². The molecule has 1 aromatic rings. The first-order valence-electron chi connectivity index (χ1n) is 7.76. The monoisotopic (exact) mass is 307 g/mol. The van der Waals surface area contributed by atoms with Gasteiger partial charge in [-0.1, -0.05) is 0 Å². The maximum absolute atomic E-state index is 11.6. The number of rotatable bonds is 6. The van der Waals surface area contributed by atoms with Crippen LogP contribution < -0.4 is 0 Å². The molecule has 6 heteroatoms. The topological polar surface area (TPSA) is 64.6 Å². The van der Waals surface area contributed by atoms with Crippen LogP contribution in [0.15, 0.2) is 6.20 Å². The molecule has 6 nitrogen and oxygen atoms in total. The largest absolute Gasteiger partial charge is 0.382 e. The first-order valence-corrected chi connectivity index (χ1v) is 7.76. The maximum Gasteiger partial charge on any atom is 0.219 e. The Bertz CT molecular complexity index is 507. The molecule has 1 saturated heterocycles. The molecule has 1 atom stereocenters. The van der Waals surface area contributed by atoms with Gasteiger partial charge in [-0.3, -0.25) is 4.79 Å². The van der Waals surface area contributed by atoms with Crippen LogP contribution in [-0.4, -0.2) is 54.2 Å². The van der Waals surface area contributed by atoms with Crippen molar-refractivity contribution in [1.82, 2.24) is 14.9 Å². The van der Waals surface area contributed by atoms with Gasteiger partial charge in [-0.05, 0) is 19.8 Å². The molecule has 22 heavy (non-hydrogen) atoms. The Morgan fingerprint density at radius 1 is 1.45 bits per heavy atom. The van der Waals surface area contributed by atoms with Crippen LogP contribution in [0.3, 0.4) is 0 Å². The number of hydrogen-bond donors (Lipinski definition) is 0. The fourth-order valence-corrected chi connectivity index (χ4v) is 2.79. The van der Waals surface area contributed by atoms with Gasteiger partial charge in [0, 0.05) is 44.8 Å². The molecule has 0 bridgehead atoms. The molecule has 1 amide bonds. The molecule has 1 aliphatic rings. The molecule has 0 spiro atoms. The lowest BCUT2D eigenvalue weighted by molar-refractivity contribution is -0.130. The number of nitrogens with zero attached hydrogens (tertiary/aromatic N) is 3. The molecule has 1 fully saturated rings. The summed E-state index contributed by atoms with van der Waals surface area (Å²) in [4.78, 5) is 22.4. The van der Waals surface area contributed by atoms with E-state index in [9.17, 15) is 4.79 Å². The second kappa shape index (κ2) is 8.19. The number of likely N-dealkylation sites (tertiary alicyclic amines) is 1. The van der Waals surface area contributed by atoms with Gasteiger partial charge in [-0.2, -0.15) is 0 Å². The molecule has 1 aliphatic heterocycles. The SMILES string of the molecule is COCCOCc1cnc(C)nc1C1CCCN(C(C)=O)C1. The van der Waals surface area contributed by atoms with Crippen molar-refractivity contribution >= 4 is 5.91 Å². The summed E-state index contributed by atoms with van der Waals surface area (Å²) < 4.78 is 10.6. The molecule has 2 rings (SSSR count). The van der Waals surface area contributed by atoms with Gasteiger partial charge in [0.15, 0.2) is 0 Å². The first kappa shape index (κ1) is 16.8. The second-order valence-electron chi connectivity index (χ2n) is 5.68. The normalized spacial score (nSPS) is 18.5. The molecule has 0 radical (unpaired) electrons. The predicted octanol–water partition coefficient (Wildman–Crippen LogP) is 1.67. The molecule has 1 unspecified atom stereocenters. The maximum atomic E-state index is 11.6. The molecular weight excluding hydrogens is 282 g/mol. The second-order valence-corrected chi connectivity index (χ2v) is 5.68. The summed E-state index contributed by atoms with van der Waals surface area (Å²) >= 11 is 0. The summed E-state index contributed by atoms with van der Waals surface area (Å²) in [5, 5.41) is 0. The molecule has 0 aliphatic carbocycles. The number of ether oxygens (including phenoxy) is 2. The predicted molar refractivity (Wildman–Crippen MR) is 82.5 cm³/mol. The number of methoxy groups -OCH3 is 1. The number of carbonyl (C=O) groups is 1. The van der Waals surface area contributed by atoms with E-state index in [0.29, 0.717) is 19.8 Å². The Hall–Kier alpha value is -1.53. The van der Waals surface area contributed by atoms with Gasteiger partial charge in [0.2, 0.25) is 5.91 Å². The fourth-order valence-electron chi connectivity index (χ4n) is 2.79. The van der Waals surface area contributed by atoms with Crippen LogP contribution >= 0.6 is 0 Å². The third-order valence-corrected chi connectivity index (χ3v) is 3.96. The Labute approximate surface area is 131 Å². The molecular formula is C16H25N3O3. The molecule has 2 heterocycles. The van der Waals surface area contributed by atoms with Crippen molar-refractivity contribution in [3.8, 4) is 0 Å². The summed E-state index contributed by atoms with van der Waals surface area (Å²) in [6.45, 7) is 6.70. The van der Waals surface area contributed by atoms with E-state index < -0.39 is 0 Å². The van der Waals surface area contributed by atoms with Crippen molar-refractivity contribution < 1.29 is 14.3 Å². The number of piperidine rings is 1. The minimum Gasteiger partial charge on any atom is -0.382 e. The Balaban J connectivity index is 2.10. The summed E-state index contributed by atoms with van der Waals surface area (Å²) in [6, 6.07) is 0. The van der Waals surface area contributed by atoms with Crippen LogP contribution in [0, 0.1) is 6.92 Å². The van der Waals surface area contributed by atoms with Crippen LogP contribution in [0.25, 0.3) is 0 Å². The number of aryl methyl sites for hydroxylation is 1. The molecule has 0 N–H and O–H groups in total. The van der Waals surface area contributed by atoms with Gasteiger partial charge >= 0.3 is 0 Å². The van der Waals surface area contributed by atoms with Gasteiger partial charge in [0.05, 0.1) is 25.5 Å². The third kappa shape index (κ3) is 4.48. The first-order chi connectivity index (χ1) is 10.6. The van der Waals surface area contributed by atoms with Gasteiger partial charge < -0.3 is 14.4 Å². The molecule has 122 valence electrons. The number of aromatic nitrogens is 2. The van der Waals surface area contributed by atoms with Crippen LogP contribution in [0.5, 0.6) is 0 Å². The van der Waals surface area contributed by atoms with E-state index in [2.05, 4.69) is 9.97 Å². The van der Waals surface area contributed by atoms with Crippen LogP contribution in [0.2, 0.25) is 0 Å². The van der Waals surface area contributed by atoms with Crippen LogP contribution in [-0.2, 0) is 20.9 Å². The minimum absolute atomic E-state index is 0.133. The lowest BCUT2D eigenvalue weighted by Gasteiger charge is -2.32. The van der Waals surface area contributed by atoms with E-state index in [1.807, 2.05) is 18.0 Å². The highest BCUT2D eigenvalue weighted by molar-refractivity contribution is 5.73. The minimum atomic E-state index is 0.133. The van der Waals surface area contributed by atoms with E-state index in [0.717, 1.165) is 43.0 Å². The fraction of sp³-hybridized carbons (Fsp3) is 0.688. The summed E-state index contributed by atoms with van der Waals surface area (Å²) in [7, 11) is 1.65. The Morgan fingerprint density at radius 2 is 2.27 bits per heavy atom. The van der Waals surface area contributed by atoms with Crippen molar-refractivity contribution in [2.45, 2.75) is 39.2 Å². The van der Waals surface area contributed by atoms with E-state index in [4.69, 9.17) is 9.47 Å². The highest BCUT2D eigenvalue weighted by Crippen LogP contribution is 2.28. The Morgan fingerprint density at radius 3 is 3.00 bits per heavy atom. The zero-order chi connectivity index (χ0) is 15.9. The average Bonchev–Trinajstić information content (AvgIpc) is 2.52. The zero-order valence-corrected chi connectivity index (χ0v) is 13.7. The summed E-state index contributed by atoms with van der Waals surface area (Å²) in [5.74, 6) is 1.16. The standard InChI is InChI=1S/C16H25N3O3/c1-12-17-9-15(11-22-8-7-21-3)16(18-12)14-5-4-6-19(10-14)13(2)20/h9,14H,4-8,10-11H2,1-3H3. The van der Waals surface area contributed by atoms with Crippen LogP contribution in [0.4, 0.5) is 0 Å². The number of hydrogen-bond acceptors (Lipinski definition) is 5. The van der Waals surface area contributed by atoms with Crippen molar-refractivity contribution in [3.05, 3.63) is 23.3 Å². The average molecular weight is 307 g/mol. The van der Waals surface area contributed by atoms with Gasteiger partial charge in [-0.25, -0.2) is 9.97 Å². The zero-order valence-electron chi connectivity index (χ0n) is 13.7.